The SMILES string of the molecule is O=C(Nc1nc2c(F)cc(F)cc2s1)C1CCCN(Cc2ccccc2)C1. The Labute approximate surface area is 159 Å². The van der Waals surface area contributed by atoms with Gasteiger partial charge in [0.15, 0.2) is 10.9 Å². The Morgan fingerprint density at radius 2 is 2.07 bits per heavy atom. The van der Waals surface area contributed by atoms with E-state index in [0.717, 1.165) is 43.3 Å². The molecule has 3 aromatic rings. The summed E-state index contributed by atoms with van der Waals surface area (Å²) in [6.07, 6.45) is 1.76. The first-order valence-corrected chi connectivity index (χ1v) is 9.73. The molecular weight excluding hydrogens is 368 g/mol. The number of nitrogens with one attached hydrogen (secondary N) is 1. The standard InChI is InChI=1S/C20H19F2N3OS/c21-15-9-16(22)18-17(10-15)27-20(23-18)24-19(26)14-7-4-8-25(12-14)11-13-5-2-1-3-6-13/h1-3,5-6,9-10,14H,4,7-8,11-12H2,(H,23,24,26). The molecule has 1 atom stereocenters. The molecule has 1 fully saturated rings. The highest BCUT2D eigenvalue weighted by atomic mass is 32.1. The minimum Gasteiger partial charge on any atom is -0.302 e. The Bertz CT molecular complexity index is 961. The van der Waals surface area contributed by atoms with Crippen LogP contribution in [0.5, 0.6) is 0 Å². The molecule has 1 aliphatic heterocycles. The van der Waals surface area contributed by atoms with Crippen LogP contribution in [0.2, 0.25) is 0 Å². The highest BCUT2D eigenvalue weighted by Crippen LogP contribution is 2.29. The van der Waals surface area contributed by atoms with Gasteiger partial charge in [-0.3, -0.25) is 9.69 Å². The van der Waals surface area contributed by atoms with Crippen molar-refractivity contribution < 1.29 is 13.6 Å². The Hall–Kier alpha value is -2.38. The van der Waals surface area contributed by atoms with Gasteiger partial charge in [0.1, 0.15) is 11.3 Å². The van der Waals surface area contributed by atoms with Gasteiger partial charge in [0.25, 0.3) is 0 Å². The fourth-order valence-corrected chi connectivity index (χ4v) is 4.38. The maximum atomic E-state index is 13.8. The van der Waals surface area contributed by atoms with Crippen LogP contribution in [0.3, 0.4) is 0 Å². The van der Waals surface area contributed by atoms with E-state index in [1.54, 1.807) is 0 Å². The van der Waals surface area contributed by atoms with Gasteiger partial charge in [-0.1, -0.05) is 41.7 Å². The first-order chi connectivity index (χ1) is 13.1. The first kappa shape index (κ1) is 18.0. The second-order valence-corrected chi connectivity index (χ2v) is 7.83. The van der Waals surface area contributed by atoms with E-state index in [0.29, 0.717) is 16.4 Å². The first-order valence-electron chi connectivity index (χ1n) is 8.91. The van der Waals surface area contributed by atoms with Crippen molar-refractivity contribution in [3.63, 3.8) is 0 Å². The number of nitrogens with zero attached hydrogens (tertiary/aromatic N) is 2. The number of hydrogen-bond acceptors (Lipinski definition) is 4. The molecule has 0 saturated carbocycles. The maximum Gasteiger partial charge on any atom is 0.230 e. The van der Waals surface area contributed by atoms with Crippen LogP contribution < -0.4 is 5.32 Å². The van der Waals surface area contributed by atoms with Crippen molar-refractivity contribution >= 4 is 32.6 Å². The Morgan fingerprint density at radius 1 is 1.26 bits per heavy atom. The highest BCUT2D eigenvalue weighted by Gasteiger charge is 2.26. The van der Waals surface area contributed by atoms with Crippen molar-refractivity contribution in [1.82, 2.24) is 9.88 Å². The fraction of sp³-hybridized carbons (Fsp3) is 0.300. The quantitative estimate of drug-likeness (QED) is 0.721. The maximum absolute atomic E-state index is 13.8. The zero-order valence-electron chi connectivity index (χ0n) is 14.6. The van der Waals surface area contributed by atoms with Gasteiger partial charge < -0.3 is 5.32 Å². The molecule has 0 spiro atoms. The third-order valence-corrected chi connectivity index (χ3v) is 5.69. The fourth-order valence-electron chi connectivity index (χ4n) is 3.47. The number of rotatable bonds is 4. The molecule has 0 aliphatic carbocycles. The summed E-state index contributed by atoms with van der Waals surface area (Å²) in [6, 6.07) is 12.2. The summed E-state index contributed by atoms with van der Waals surface area (Å²) in [5, 5.41) is 3.09. The van der Waals surface area contributed by atoms with Gasteiger partial charge in [-0.2, -0.15) is 0 Å². The lowest BCUT2D eigenvalue weighted by atomic mass is 9.97. The lowest BCUT2D eigenvalue weighted by molar-refractivity contribution is -0.121. The molecule has 1 N–H and O–H groups in total. The van der Waals surface area contributed by atoms with Crippen LogP contribution in [0, 0.1) is 17.6 Å². The van der Waals surface area contributed by atoms with Crippen molar-refractivity contribution in [2.24, 2.45) is 5.92 Å². The number of fused-ring (bicyclic) bond motifs is 1. The second-order valence-electron chi connectivity index (χ2n) is 6.80. The van der Waals surface area contributed by atoms with Crippen LogP contribution in [0.15, 0.2) is 42.5 Å². The second kappa shape index (κ2) is 7.70. The number of amides is 1. The van der Waals surface area contributed by atoms with Gasteiger partial charge in [0.2, 0.25) is 5.91 Å². The van der Waals surface area contributed by atoms with Crippen LogP contribution in [-0.2, 0) is 11.3 Å². The molecule has 1 amide bonds. The van der Waals surface area contributed by atoms with Gasteiger partial charge in [-0.05, 0) is 31.0 Å². The van der Waals surface area contributed by atoms with E-state index in [4.69, 9.17) is 0 Å². The molecule has 7 heteroatoms. The van der Waals surface area contributed by atoms with E-state index in [1.807, 2.05) is 18.2 Å². The number of aromatic nitrogens is 1. The number of hydrogen-bond donors (Lipinski definition) is 1. The normalized spacial score (nSPS) is 17.9. The monoisotopic (exact) mass is 387 g/mol. The minimum atomic E-state index is -0.714. The van der Waals surface area contributed by atoms with E-state index in [2.05, 4.69) is 27.3 Å². The summed E-state index contributed by atoms with van der Waals surface area (Å²) in [6.45, 7) is 2.45. The predicted molar refractivity (Wildman–Crippen MR) is 103 cm³/mol. The summed E-state index contributed by atoms with van der Waals surface area (Å²) in [7, 11) is 0. The van der Waals surface area contributed by atoms with Crippen molar-refractivity contribution in [3.8, 4) is 0 Å². The van der Waals surface area contributed by atoms with E-state index in [1.165, 1.54) is 11.6 Å². The number of thiazole rings is 1. The average molecular weight is 387 g/mol. The zero-order valence-corrected chi connectivity index (χ0v) is 15.4. The number of carbonyl (C=O) groups is 1. The predicted octanol–water partition coefficient (Wildman–Crippen LogP) is 4.43. The molecule has 1 aliphatic rings. The van der Waals surface area contributed by atoms with E-state index in [-0.39, 0.29) is 17.3 Å². The summed E-state index contributed by atoms with van der Waals surface area (Å²) in [5.41, 5.74) is 1.31. The van der Waals surface area contributed by atoms with Crippen molar-refractivity contribution in [3.05, 3.63) is 59.7 Å². The summed E-state index contributed by atoms with van der Waals surface area (Å²) in [5.74, 6) is -1.62. The third-order valence-electron chi connectivity index (χ3n) is 4.77. The lowest BCUT2D eigenvalue weighted by Crippen LogP contribution is -2.40. The van der Waals surface area contributed by atoms with Crippen LogP contribution >= 0.6 is 11.3 Å². The average Bonchev–Trinajstić information content (AvgIpc) is 3.05. The smallest absolute Gasteiger partial charge is 0.230 e. The Balaban J connectivity index is 1.42. The van der Waals surface area contributed by atoms with E-state index >= 15 is 0 Å². The van der Waals surface area contributed by atoms with Gasteiger partial charge >= 0.3 is 0 Å². The van der Waals surface area contributed by atoms with Crippen LogP contribution in [0.4, 0.5) is 13.9 Å². The number of benzene rings is 2. The Kier molecular flexibility index (Phi) is 5.13. The third kappa shape index (κ3) is 4.14. The number of anilines is 1. The molecule has 4 rings (SSSR count). The molecule has 2 aromatic carbocycles. The van der Waals surface area contributed by atoms with Crippen LogP contribution in [-0.4, -0.2) is 28.9 Å². The molecule has 2 heterocycles. The Morgan fingerprint density at radius 3 is 2.89 bits per heavy atom. The number of piperidine rings is 1. The van der Waals surface area contributed by atoms with Crippen molar-refractivity contribution in [2.75, 3.05) is 18.4 Å². The molecule has 27 heavy (non-hydrogen) atoms. The summed E-state index contributed by atoms with van der Waals surface area (Å²) in [4.78, 5) is 19.0. The van der Waals surface area contributed by atoms with Crippen LogP contribution in [0.25, 0.3) is 10.2 Å². The number of halogens is 2. The molecule has 140 valence electrons. The molecular formula is C20H19F2N3OS. The summed E-state index contributed by atoms with van der Waals surface area (Å²) < 4.78 is 27.5. The van der Waals surface area contributed by atoms with Crippen LogP contribution in [0.1, 0.15) is 18.4 Å². The van der Waals surface area contributed by atoms with Gasteiger partial charge in [-0.15, -0.1) is 0 Å². The molecule has 1 unspecified atom stereocenters. The molecule has 0 radical (unpaired) electrons. The minimum absolute atomic E-state index is 0.0889. The molecule has 0 bridgehead atoms. The van der Waals surface area contributed by atoms with E-state index in [9.17, 15) is 13.6 Å². The highest BCUT2D eigenvalue weighted by molar-refractivity contribution is 7.22. The largest absolute Gasteiger partial charge is 0.302 e. The molecule has 1 aromatic heterocycles. The zero-order chi connectivity index (χ0) is 18.8. The molecule has 4 nitrogen and oxygen atoms in total. The van der Waals surface area contributed by atoms with Crippen molar-refractivity contribution in [2.45, 2.75) is 19.4 Å². The molecule has 1 saturated heterocycles. The lowest BCUT2D eigenvalue weighted by Gasteiger charge is -2.31. The number of carbonyl (C=O) groups excluding carboxylic acids is 1. The van der Waals surface area contributed by atoms with Gasteiger partial charge in [-0.25, -0.2) is 13.8 Å². The van der Waals surface area contributed by atoms with E-state index < -0.39 is 11.6 Å². The van der Waals surface area contributed by atoms with Gasteiger partial charge in [0, 0.05) is 19.2 Å². The van der Waals surface area contributed by atoms with Crippen molar-refractivity contribution in [1.29, 1.82) is 0 Å². The van der Waals surface area contributed by atoms with Gasteiger partial charge in [0.05, 0.1) is 10.6 Å². The summed E-state index contributed by atoms with van der Waals surface area (Å²) >= 11 is 1.08. The topological polar surface area (TPSA) is 45.2 Å². The number of likely N-dealkylation sites (tertiary alicyclic amines) is 1.